The van der Waals surface area contributed by atoms with Crippen LogP contribution in [0.2, 0.25) is 0 Å². The molecule has 0 atom stereocenters. The molecule has 1 aromatic carbocycles. The van der Waals surface area contributed by atoms with Gasteiger partial charge in [-0.25, -0.2) is 0 Å². The first-order valence-corrected chi connectivity index (χ1v) is 5.79. The van der Waals surface area contributed by atoms with Gasteiger partial charge in [0, 0.05) is 6.42 Å². The summed E-state index contributed by atoms with van der Waals surface area (Å²) >= 11 is 0. The summed E-state index contributed by atoms with van der Waals surface area (Å²) in [6.07, 6.45) is 2.50. The molecule has 0 aliphatic rings. The SMILES string of the molecule is C=CCCC(=O)/N=C(\N)Nc1nc2ccccc2o1. The molecule has 0 saturated heterocycles. The highest BCUT2D eigenvalue weighted by atomic mass is 16.4. The van der Waals surface area contributed by atoms with E-state index < -0.39 is 0 Å². The maximum Gasteiger partial charge on any atom is 0.302 e. The summed E-state index contributed by atoms with van der Waals surface area (Å²) in [4.78, 5) is 19.2. The Bertz CT molecular complexity index is 597. The van der Waals surface area contributed by atoms with Gasteiger partial charge in [-0.2, -0.15) is 9.98 Å². The van der Waals surface area contributed by atoms with Crippen molar-refractivity contribution in [1.82, 2.24) is 4.98 Å². The number of anilines is 1. The van der Waals surface area contributed by atoms with E-state index in [4.69, 9.17) is 10.2 Å². The van der Waals surface area contributed by atoms with E-state index in [1.807, 2.05) is 18.2 Å². The van der Waals surface area contributed by atoms with Gasteiger partial charge in [-0.3, -0.25) is 10.1 Å². The predicted molar refractivity (Wildman–Crippen MR) is 73.7 cm³/mol. The van der Waals surface area contributed by atoms with Crippen molar-refractivity contribution in [2.24, 2.45) is 10.7 Å². The Morgan fingerprint density at radius 3 is 3.05 bits per heavy atom. The minimum Gasteiger partial charge on any atom is -0.423 e. The van der Waals surface area contributed by atoms with Crippen LogP contribution in [-0.2, 0) is 4.79 Å². The third kappa shape index (κ3) is 3.41. The molecule has 98 valence electrons. The second-order valence-electron chi connectivity index (χ2n) is 3.83. The predicted octanol–water partition coefficient (Wildman–Crippen LogP) is 2.05. The van der Waals surface area contributed by atoms with Gasteiger partial charge < -0.3 is 10.2 Å². The standard InChI is InChI=1S/C13H14N4O2/c1-2-3-8-11(18)16-12(14)17-13-15-9-6-4-5-7-10(9)19-13/h2,4-7H,1,3,8H2,(H3,14,15,16,17,18). The third-order valence-corrected chi connectivity index (χ3v) is 2.34. The molecule has 3 N–H and O–H groups in total. The number of fused-ring (bicyclic) bond motifs is 1. The summed E-state index contributed by atoms with van der Waals surface area (Å²) < 4.78 is 5.39. The van der Waals surface area contributed by atoms with Gasteiger partial charge in [-0.05, 0) is 18.6 Å². The van der Waals surface area contributed by atoms with Crippen LogP contribution in [0.25, 0.3) is 11.1 Å². The fourth-order valence-electron chi connectivity index (χ4n) is 1.48. The average Bonchev–Trinajstić information content (AvgIpc) is 2.78. The van der Waals surface area contributed by atoms with Crippen molar-refractivity contribution in [3.63, 3.8) is 0 Å². The van der Waals surface area contributed by atoms with Crippen LogP contribution in [0.4, 0.5) is 6.01 Å². The van der Waals surface area contributed by atoms with E-state index in [-0.39, 0.29) is 24.3 Å². The zero-order valence-corrected chi connectivity index (χ0v) is 10.3. The number of carbonyl (C=O) groups is 1. The molecule has 6 nitrogen and oxygen atoms in total. The number of nitrogens with zero attached hydrogens (tertiary/aromatic N) is 2. The number of para-hydroxylation sites is 2. The lowest BCUT2D eigenvalue weighted by Crippen LogP contribution is -2.24. The van der Waals surface area contributed by atoms with Crippen molar-refractivity contribution >= 4 is 29.0 Å². The van der Waals surface area contributed by atoms with Gasteiger partial charge >= 0.3 is 6.01 Å². The Balaban J connectivity index is 2.05. The maximum atomic E-state index is 11.4. The van der Waals surface area contributed by atoms with E-state index in [1.165, 1.54) is 0 Å². The molecule has 1 aromatic heterocycles. The number of oxazole rings is 1. The second-order valence-corrected chi connectivity index (χ2v) is 3.83. The van der Waals surface area contributed by atoms with E-state index in [0.717, 1.165) is 0 Å². The number of hydrogen-bond donors (Lipinski definition) is 2. The molecule has 0 unspecified atom stereocenters. The molecule has 0 aliphatic heterocycles. The van der Waals surface area contributed by atoms with Crippen LogP contribution in [0.3, 0.4) is 0 Å². The van der Waals surface area contributed by atoms with Gasteiger partial charge in [0.15, 0.2) is 5.58 Å². The number of amides is 1. The first-order chi connectivity index (χ1) is 9.19. The monoisotopic (exact) mass is 258 g/mol. The zero-order valence-electron chi connectivity index (χ0n) is 10.3. The molecule has 2 rings (SSSR count). The lowest BCUT2D eigenvalue weighted by atomic mass is 10.3. The Morgan fingerprint density at radius 2 is 2.32 bits per heavy atom. The number of benzene rings is 1. The van der Waals surface area contributed by atoms with Gasteiger partial charge in [0.2, 0.25) is 11.9 Å². The minimum atomic E-state index is -0.319. The Morgan fingerprint density at radius 1 is 1.53 bits per heavy atom. The maximum absolute atomic E-state index is 11.4. The summed E-state index contributed by atoms with van der Waals surface area (Å²) in [7, 11) is 0. The number of carbonyl (C=O) groups excluding carboxylic acids is 1. The summed E-state index contributed by atoms with van der Waals surface area (Å²) in [6, 6.07) is 7.50. The van der Waals surface area contributed by atoms with Gasteiger partial charge in [-0.1, -0.05) is 18.2 Å². The van der Waals surface area contributed by atoms with Crippen LogP contribution in [0.15, 0.2) is 46.3 Å². The molecule has 0 bridgehead atoms. The van der Waals surface area contributed by atoms with Gasteiger partial charge in [0.25, 0.3) is 0 Å². The summed E-state index contributed by atoms with van der Waals surface area (Å²) in [5.41, 5.74) is 6.93. The van der Waals surface area contributed by atoms with E-state index in [0.29, 0.717) is 17.5 Å². The van der Waals surface area contributed by atoms with Crippen LogP contribution in [-0.4, -0.2) is 16.9 Å². The van der Waals surface area contributed by atoms with Crippen molar-refractivity contribution in [3.05, 3.63) is 36.9 Å². The molecule has 19 heavy (non-hydrogen) atoms. The number of aromatic nitrogens is 1. The minimum absolute atomic E-state index is 0.0411. The quantitative estimate of drug-likeness (QED) is 0.497. The molecule has 1 amide bonds. The molecular formula is C13H14N4O2. The fraction of sp³-hybridized carbons (Fsp3) is 0.154. The largest absolute Gasteiger partial charge is 0.423 e. The number of allylic oxidation sites excluding steroid dienone is 1. The fourth-order valence-corrected chi connectivity index (χ4v) is 1.48. The van der Waals surface area contributed by atoms with E-state index in [2.05, 4.69) is 21.9 Å². The molecule has 0 spiro atoms. The molecule has 0 radical (unpaired) electrons. The normalized spacial score (nSPS) is 11.5. The molecular weight excluding hydrogens is 244 g/mol. The first kappa shape index (κ1) is 12.8. The van der Waals surface area contributed by atoms with Crippen molar-refractivity contribution in [3.8, 4) is 0 Å². The lowest BCUT2D eigenvalue weighted by Gasteiger charge is -1.98. The highest BCUT2D eigenvalue weighted by Crippen LogP contribution is 2.17. The van der Waals surface area contributed by atoms with Crippen molar-refractivity contribution in [2.75, 3.05) is 5.32 Å². The average molecular weight is 258 g/mol. The summed E-state index contributed by atoms with van der Waals surface area (Å²) in [6.45, 7) is 3.53. The van der Waals surface area contributed by atoms with Crippen LogP contribution >= 0.6 is 0 Å². The van der Waals surface area contributed by atoms with Crippen molar-refractivity contribution < 1.29 is 9.21 Å². The molecule has 0 saturated carbocycles. The van der Waals surface area contributed by atoms with Crippen LogP contribution in [0, 0.1) is 0 Å². The van der Waals surface area contributed by atoms with Crippen LogP contribution in [0.1, 0.15) is 12.8 Å². The number of hydrogen-bond acceptors (Lipinski definition) is 3. The second kappa shape index (κ2) is 5.81. The number of guanidine groups is 1. The van der Waals surface area contributed by atoms with Crippen LogP contribution in [0.5, 0.6) is 0 Å². The molecule has 2 aromatic rings. The number of nitrogens with two attached hydrogens (primary N) is 1. The smallest absolute Gasteiger partial charge is 0.302 e. The highest BCUT2D eigenvalue weighted by molar-refractivity contribution is 5.99. The molecule has 0 fully saturated rings. The first-order valence-electron chi connectivity index (χ1n) is 5.79. The Hall–Kier alpha value is -2.63. The Labute approximate surface area is 110 Å². The number of aliphatic imine (C=N–C) groups is 1. The van der Waals surface area contributed by atoms with Gasteiger partial charge in [0.05, 0.1) is 0 Å². The summed E-state index contributed by atoms with van der Waals surface area (Å²) in [5.74, 6) is -0.360. The highest BCUT2D eigenvalue weighted by Gasteiger charge is 2.06. The molecule has 0 aliphatic carbocycles. The lowest BCUT2D eigenvalue weighted by molar-refractivity contribution is -0.117. The summed E-state index contributed by atoms with van der Waals surface area (Å²) in [5, 5.41) is 2.64. The van der Waals surface area contributed by atoms with E-state index in [9.17, 15) is 4.79 Å². The third-order valence-electron chi connectivity index (χ3n) is 2.34. The van der Waals surface area contributed by atoms with Gasteiger partial charge in [-0.15, -0.1) is 6.58 Å². The number of nitrogens with one attached hydrogen (secondary N) is 1. The molecule has 6 heteroatoms. The van der Waals surface area contributed by atoms with Crippen LogP contribution < -0.4 is 11.1 Å². The van der Waals surface area contributed by atoms with Crippen molar-refractivity contribution in [1.29, 1.82) is 0 Å². The van der Waals surface area contributed by atoms with Gasteiger partial charge in [0.1, 0.15) is 5.52 Å². The number of rotatable bonds is 4. The Kier molecular flexibility index (Phi) is 3.92. The van der Waals surface area contributed by atoms with E-state index in [1.54, 1.807) is 12.1 Å². The topological polar surface area (TPSA) is 93.5 Å². The van der Waals surface area contributed by atoms with E-state index >= 15 is 0 Å². The zero-order chi connectivity index (χ0) is 13.7. The van der Waals surface area contributed by atoms with Crippen molar-refractivity contribution in [2.45, 2.75) is 12.8 Å². The molecule has 1 heterocycles.